The number of benzene rings is 1. The number of aromatic nitrogens is 3. The van der Waals surface area contributed by atoms with E-state index in [-0.39, 0.29) is 0 Å². The number of carbonyl (C=O) groups excluding carboxylic acids is 1. The van der Waals surface area contributed by atoms with Gasteiger partial charge in [0.15, 0.2) is 5.82 Å². The van der Waals surface area contributed by atoms with Gasteiger partial charge in [-0.3, -0.25) is 14.2 Å². The van der Waals surface area contributed by atoms with Gasteiger partial charge >= 0.3 is 6.18 Å². The van der Waals surface area contributed by atoms with E-state index in [2.05, 4.69) is 5.10 Å². The van der Waals surface area contributed by atoms with Crippen LogP contribution in [-0.2, 0) is 11.3 Å². The highest BCUT2D eigenvalue weighted by atomic mass is 19.4. The molecular weight excluding hydrogens is 337 g/mol. The molecule has 0 unspecified atom stereocenters. The van der Waals surface area contributed by atoms with Gasteiger partial charge in [0.05, 0.1) is 5.52 Å². The topological polar surface area (TPSA) is 68.9 Å². The summed E-state index contributed by atoms with van der Waals surface area (Å²) in [4.78, 5) is 23.4. The molecule has 2 heterocycles. The van der Waals surface area contributed by atoms with Crippen LogP contribution in [0.25, 0.3) is 16.7 Å². The summed E-state index contributed by atoms with van der Waals surface area (Å²) >= 11 is 0. The minimum Gasteiger partial charge on any atom is -0.345 e. The van der Waals surface area contributed by atoms with Crippen molar-refractivity contribution < 1.29 is 18.0 Å². The molecule has 0 aliphatic carbocycles. The van der Waals surface area contributed by atoms with Gasteiger partial charge in [0, 0.05) is 12.3 Å². The minimum atomic E-state index is -4.51. The summed E-state index contributed by atoms with van der Waals surface area (Å²) in [6, 6.07) is 12.1. The first-order valence-corrected chi connectivity index (χ1v) is 7.31. The maximum atomic E-state index is 12.1. The molecule has 0 aliphatic heterocycles. The Labute approximate surface area is 139 Å². The van der Waals surface area contributed by atoms with E-state index in [0.29, 0.717) is 5.82 Å². The van der Waals surface area contributed by atoms with Crippen molar-refractivity contribution in [2.45, 2.75) is 12.7 Å². The van der Waals surface area contributed by atoms with Gasteiger partial charge in [0.25, 0.3) is 5.56 Å². The molecule has 1 N–H and O–H groups in total. The van der Waals surface area contributed by atoms with Gasteiger partial charge < -0.3 is 5.32 Å². The summed E-state index contributed by atoms with van der Waals surface area (Å²) in [5.41, 5.74) is 0.268. The second-order valence-corrected chi connectivity index (χ2v) is 5.32. The third-order valence-corrected chi connectivity index (χ3v) is 3.48. The highest BCUT2D eigenvalue weighted by molar-refractivity contribution is 5.81. The molecular formula is C16H13F3N4O2. The molecule has 25 heavy (non-hydrogen) atoms. The van der Waals surface area contributed by atoms with E-state index in [1.807, 2.05) is 30.3 Å². The predicted octanol–water partition coefficient (Wildman–Crippen LogP) is 1.87. The van der Waals surface area contributed by atoms with Gasteiger partial charge in [-0.25, -0.2) is 4.68 Å². The van der Waals surface area contributed by atoms with Crippen molar-refractivity contribution in [1.82, 2.24) is 19.7 Å². The largest absolute Gasteiger partial charge is 0.405 e. The maximum Gasteiger partial charge on any atom is 0.405 e. The molecule has 0 fully saturated rings. The lowest BCUT2D eigenvalue weighted by Gasteiger charge is -2.10. The van der Waals surface area contributed by atoms with Gasteiger partial charge in [-0.1, -0.05) is 18.2 Å². The van der Waals surface area contributed by atoms with Crippen LogP contribution >= 0.6 is 0 Å². The zero-order valence-electron chi connectivity index (χ0n) is 12.8. The fraction of sp³-hybridized carbons (Fsp3) is 0.188. The average Bonchev–Trinajstić information content (AvgIpc) is 2.98. The molecule has 0 atom stereocenters. The van der Waals surface area contributed by atoms with Crippen LogP contribution in [0.2, 0.25) is 0 Å². The average molecular weight is 350 g/mol. The molecule has 6 nitrogen and oxygen atoms in total. The van der Waals surface area contributed by atoms with Crippen molar-refractivity contribution in [2.75, 3.05) is 6.54 Å². The molecule has 0 spiro atoms. The molecule has 130 valence electrons. The van der Waals surface area contributed by atoms with E-state index in [0.717, 1.165) is 15.6 Å². The second-order valence-electron chi connectivity index (χ2n) is 5.32. The number of fused-ring (bicyclic) bond motifs is 1. The lowest BCUT2D eigenvalue weighted by molar-refractivity contribution is -0.138. The summed E-state index contributed by atoms with van der Waals surface area (Å²) in [7, 11) is 0. The highest BCUT2D eigenvalue weighted by Gasteiger charge is 2.27. The van der Waals surface area contributed by atoms with Crippen molar-refractivity contribution in [3.8, 4) is 5.82 Å². The van der Waals surface area contributed by atoms with Crippen LogP contribution in [0.3, 0.4) is 0 Å². The zero-order chi connectivity index (χ0) is 18.0. The summed E-state index contributed by atoms with van der Waals surface area (Å²) in [5.74, 6) is -0.564. The maximum absolute atomic E-state index is 12.1. The third-order valence-electron chi connectivity index (χ3n) is 3.48. The normalized spacial score (nSPS) is 11.6. The van der Waals surface area contributed by atoms with Gasteiger partial charge in [-0.15, -0.1) is 0 Å². The van der Waals surface area contributed by atoms with Crippen LogP contribution in [0, 0.1) is 0 Å². The molecule has 3 rings (SSSR count). The molecule has 0 bridgehead atoms. The number of rotatable bonds is 4. The number of nitrogens with zero attached hydrogens (tertiary/aromatic N) is 3. The summed E-state index contributed by atoms with van der Waals surface area (Å²) in [6.45, 7) is -2.05. The number of nitrogens with one attached hydrogen (secondary N) is 1. The minimum absolute atomic E-state index is 0.379. The number of alkyl halides is 3. The number of halogens is 3. The molecule has 3 aromatic rings. The zero-order valence-corrected chi connectivity index (χ0v) is 12.8. The monoisotopic (exact) mass is 350 g/mol. The van der Waals surface area contributed by atoms with Crippen molar-refractivity contribution >= 4 is 16.8 Å². The van der Waals surface area contributed by atoms with E-state index in [4.69, 9.17) is 0 Å². The predicted molar refractivity (Wildman–Crippen MR) is 84.4 cm³/mol. The molecule has 9 heteroatoms. The van der Waals surface area contributed by atoms with Gasteiger partial charge in [-0.2, -0.15) is 18.3 Å². The Hall–Kier alpha value is -3.10. The standard InChI is InChI=1S/C16H13F3N4O2/c17-16(18,19)10-20-14(24)9-23-15(25)6-5-13(21-23)22-8-7-11-3-1-2-4-12(11)22/h1-8H,9-10H2,(H,20,24). The lowest BCUT2D eigenvalue weighted by Crippen LogP contribution is -2.38. The van der Waals surface area contributed by atoms with E-state index in [9.17, 15) is 22.8 Å². The molecule has 0 radical (unpaired) electrons. The van der Waals surface area contributed by atoms with E-state index in [1.54, 1.807) is 16.1 Å². The van der Waals surface area contributed by atoms with E-state index < -0.39 is 30.7 Å². The molecule has 2 aromatic heterocycles. The Morgan fingerprint density at radius 2 is 1.88 bits per heavy atom. The SMILES string of the molecule is O=C(Cn1nc(-n2ccc3ccccc32)ccc1=O)NCC(F)(F)F. The fourth-order valence-electron chi connectivity index (χ4n) is 2.35. The third kappa shape index (κ3) is 3.87. The first-order chi connectivity index (χ1) is 11.8. The number of amides is 1. The number of carbonyl (C=O) groups is 1. The van der Waals surface area contributed by atoms with Crippen LogP contribution in [0.5, 0.6) is 0 Å². The lowest BCUT2D eigenvalue weighted by atomic mass is 10.2. The van der Waals surface area contributed by atoms with Gasteiger partial charge in [0.1, 0.15) is 13.1 Å². The Morgan fingerprint density at radius 1 is 1.12 bits per heavy atom. The first kappa shape index (κ1) is 16.7. The molecule has 0 aliphatic rings. The molecule has 0 saturated carbocycles. The van der Waals surface area contributed by atoms with Crippen molar-refractivity contribution in [3.05, 3.63) is 59.0 Å². The smallest absolute Gasteiger partial charge is 0.345 e. The van der Waals surface area contributed by atoms with Crippen LogP contribution in [-0.4, -0.2) is 33.0 Å². The summed E-state index contributed by atoms with van der Waals surface area (Å²) in [5, 5.41) is 6.75. The summed E-state index contributed by atoms with van der Waals surface area (Å²) < 4.78 is 38.9. The number of hydrogen-bond donors (Lipinski definition) is 1. The Kier molecular flexibility index (Phi) is 4.30. The molecule has 1 aromatic carbocycles. The van der Waals surface area contributed by atoms with Gasteiger partial charge in [-0.05, 0) is 23.6 Å². The van der Waals surface area contributed by atoms with Crippen LogP contribution in [0.1, 0.15) is 0 Å². The quantitative estimate of drug-likeness (QED) is 0.781. The van der Waals surface area contributed by atoms with Crippen molar-refractivity contribution in [1.29, 1.82) is 0 Å². The van der Waals surface area contributed by atoms with Crippen molar-refractivity contribution in [2.24, 2.45) is 0 Å². The van der Waals surface area contributed by atoms with E-state index >= 15 is 0 Å². The van der Waals surface area contributed by atoms with Crippen LogP contribution in [0.4, 0.5) is 13.2 Å². The second kappa shape index (κ2) is 6.42. The Morgan fingerprint density at radius 3 is 2.64 bits per heavy atom. The van der Waals surface area contributed by atoms with Gasteiger partial charge in [0.2, 0.25) is 5.91 Å². The molecule has 1 amide bonds. The number of para-hydroxylation sites is 1. The first-order valence-electron chi connectivity index (χ1n) is 7.31. The Bertz CT molecular complexity index is 975. The van der Waals surface area contributed by atoms with E-state index in [1.165, 1.54) is 12.1 Å². The van der Waals surface area contributed by atoms with Crippen LogP contribution < -0.4 is 10.9 Å². The highest BCUT2D eigenvalue weighted by Crippen LogP contribution is 2.18. The van der Waals surface area contributed by atoms with Crippen LogP contribution in [0.15, 0.2) is 53.5 Å². The Balaban J connectivity index is 1.86. The summed E-state index contributed by atoms with van der Waals surface area (Å²) in [6.07, 6.45) is -2.76. The molecule has 0 saturated heterocycles. The number of hydrogen-bond acceptors (Lipinski definition) is 3. The fourth-order valence-corrected chi connectivity index (χ4v) is 2.35. The van der Waals surface area contributed by atoms with Crippen molar-refractivity contribution in [3.63, 3.8) is 0 Å².